The molecule has 30 heavy (non-hydrogen) atoms. The lowest BCUT2D eigenvalue weighted by molar-refractivity contribution is 0.0156. The van der Waals surface area contributed by atoms with E-state index in [9.17, 15) is 9.59 Å². The highest BCUT2D eigenvalue weighted by Crippen LogP contribution is 2.18. The molecule has 9 heteroatoms. The van der Waals surface area contributed by atoms with E-state index in [-0.39, 0.29) is 29.9 Å². The molecule has 3 N–H and O–H groups in total. The number of carbonyl (C=O) groups excluding carboxylic acids is 2. The van der Waals surface area contributed by atoms with Gasteiger partial charge in [-0.05, 0) is 46.5 Å². The second-order valence-electron chi connectivity index (χ2n) is 8.79. The number of aromatic nitrogens is 2. The smallest absolute Gasteiger partial charge is 0.410 e. The molecule has 1 aliphatic heterocycles. The second kappa shape index (κ2) is 10.5. The molecule has 2 atom stereocenters. The highest BCUT2D eigenvalue weighted by atomic mass is 35.5. The Labute approximate surface area is 184 Å². The largest absolute Gasteiger partial charge is 0.444 e. The number of ether oxygens (including phenoxy) is 1. The van der Waals surface area contributed by atoms with Crippen LogP contribution in [0.15, 0.2) is 0 Å². The van der Waals surface area contributed by atoms with Gasteiger partial charge in [0.1, 0.15) is 5.60 Å². The number of rotatable bonds is 7. The van der Waals surface area contributed by atoms with Gasteiger partial charge in [-0.15, -0.1) is 0 Å². The minimum atomic E-state index is -0.546. The van der Waals surface area contributed by atoms with Crippen LogP contribution in [0.3, 0.4) is 0 Å². The van der Waals surface area contributed by atoms with E-state index in [1.165, 1.54) is 0 Å². The number of H-pyrrole nitrogens is 1. The van der Waals surface area contributed by atoms with Crippen molar-refractivity contribution in [3.05, 3.63) is 16.7 Å². The van der Waals surface area contributed by atoms with Crippen LogP contribution in [0.25, 0.3) is 0 Å². The number of hydrogen-bond donors (Lipinski definition) is 3. The van der Waals surface area contributed by atoms with Gasteiger partial charge in [-0.25, -0.2) is 9.78 Å². The Morgan fingerprint density at radius 1 is 1.27 bits per heavy atom. The molecule has 1 saturated heterocycles. The van der Waals surface area contributed by atoms with Crippen molar-refractivity contribution < 1.29 is 14.3 Å². The average Bonchev–Trinajstić information content (AvgIpc) is 3.06. The Morgan fingerprint density at radius 2 is 1.93 bits per heavy atom. The molecular weight excluding hydrogens is 406 g/mol. The van der Waals surface area contributed by atoms with Crippen LogP contribution in [-0.4, -0.2) is 63.7 Å². The molecule has 1 fully saturated rings. The van der Waals surface area contributed by atoms with E-state index in [1.54, 1.807) is 4.90 Å². The standard InChI is InChI=1S/C21H36ClN5O3/c1-7-13(8-2)23-16-12-27(20(29)30-21(4,5)6)11-10-15(16)25-19(28)18-24-14(9-3)17(22)26-18/h13,15-16,23H,7-12H2,1-6H3,(H,24,26)(H,25,28). The van der Waals surface area contributed by atoms with Crippen molar-refractivity contribution in [1.82, 2.24) is 25.5 Å². The van der Waals surface area contributed by atoms with Gasteiger partial charge in [-0.2, -0.15) is 0 Å². The molecule has 1 aliphatic rings. The molecule has 8 nitrogen and oxygen atoms in total. The number of nitrogens with one attached hydrogen (secondary N) is 3. The number of amides is 2. The molecule has 1 aromatic heterocycles. The Kier molecular flexibility index (Phi) is 8.55. The summed E-state index contributed by atoms with van der Waals surface area (Å²) in [5.41, 5.74) is 0.198. The molecule has 0 radical (unpaired) electrons. The number of imidazole rings is 1. The third-order valence-electron chi connectivity index (χ3n) is 5.31. The lowest BCUT2D eigenvalue weighted by atomic mass is 9.97. The molecule has 2 amide bonds. The minimum absolute atomic E-state index is 0.0869. The number of halogens is 1. The minimum Gasteiger partial charge on any atom is -0.444 e. The average molecular weight is 442 g/mol. The van der Waals surface area contributed by atoms with Gasteiger partial charge in [-0.3, -0.25) is 4.79 Å². The summed E-state index contributed by atoms with van der Waals surface area (Å²) in [5.74, 6) is -0.0728. The Hall–Kier alpha value is -1.80. The van der Waals surface area contributed by atoms with Crippen molar-refractivity contribution in [2.24, 2.45) is 0 Å². The molecular formula is C21H36ClN5O3. The third kappa shape index (κ3) is 6.60. The SMILES string of the molecule is CCc1[nH]c(C(=O)NC2CCN(C(=O)OC(C)(C)C)CC2NC(CC)CC)nc1Cl. The molecule has 2 unspecified atom stereocenters. The lowest BCUT2D eigenvalue weighted by Gasteiger charge is -2.41. The fourth-order valence-corrected chi connectivity index (χ4v) is 3.85. The first-order chi connectivity index (χ1) is 14.1. The molecule has 170 valence electrons. The van der Waals surface area contributed by atoms with Crippen LogP contribution in [0.1, 0.15) is 77.1 Å². The zero-order valence-corrected chi connectivity index (χ0v) is 19.7. The zero-order valence-electron chi connectivity index (χ0n) is 19.0. The molecule has 0 aliphatic carbocycles. The van der Waals surface area contributed by atoms with Crippen molar-refractivity contribution in [2.75, 3.05) is 13.1 Å². The molecule has 1 aromatic rings. The molecule has 2 heterocycles. The fourth-order valence-electron chi connectivity index (χ4n) is 3.58. The van der Waals surface area contributed by atoms with Crippen molar-refractivity contribution in [2.45, 2.75) is 91.0 Å². The van der Waals surface area contributed by atoms with E-state index in [2.05, 4.69) is 34.4 Å². The number of nitrogens with zero attached hydrogens (tertiary/aromatic N) is 2. The summed E-state index contributed by atoms with van der Waals surface area (Å²) in [6, 6.07) is 0.0830. The van der Waals surface area contributed by atoms with Crippen LogP contribution >= 0.6 is 11.6 Å². The predicted molar refractivity (Wildman–Crippen MR) is 118 cm³/mol. The first-order valence-corrected chi connectivity index (χ1v) is 11.2. The highest BCUT2D eigenvalue weighted by molar-refractivity contribution is 6.30. The molecule has 0 aromatic carbocycles. The first kappa shape index (κ1) is 24.5. The number of carbonyl (C=O) groups is 2. The number of piperidine rings is 1. The van der Waals surface area contributed by atoms with Crippen LogP contribution in [0.4, 0.5) is 4.79 Å². The van der Waals surface area contributed by atoms with Crippen molar-refractivity contribution in [3.8, 4) is 0 Å². The Balaban J connectivity index is 2.12. The quantitative estimate of drug-likeness (QED) is 0.601. The monoisotopic (exact) mass is 441 g/mol. The maximum Gasteiger partial charge on any atom is 0.410 e. The summed E-state index contributed by atoms with van der Waals surface area (Å²) in [5, 5.41) is 7.02. The van der Waals surface area contributed by atoms with Gasteiger partial charge in [-0.1, -0.05) is 32.4 Å². The van der Waals surface area contributed by atoms with Crippen LogP contribution in [0.2, 0.25) is 5.15 Å². The summed E-state index contributed by atoms with van der Waals surface area (Å²) >= 11 is 6.08. The number of aryl methyl sites for hydroxylation is 1. The number of hydrogen-bond acceptors (Lipinski definition) is 5. The second-order valence-corrected chi connectivity index (χ2v) is 9.15. The zero-order chi connectivity index (χ0) is 22.5. The number of likely N-dealkylation sites (tertiary alicyclic amines) is 1. The van der Waals surface area contributed by atoms with Crippen LogP contribution in [0.5, 0.6) is 0 Å². The maximum absolute atomic E-state index is 12.8. The lowest BCUT2D eigenvalue weighted by Crippen LogP contribution is -2.62. The van der Waals surface area contributed by atoms with Crippen LogP contribution in [-0.2, 0) is 11.2 Å². The van der Waals surface area contributed by atoms with Crippen molar-refractivity contribution in [1.29, 1.82) is 0 Å². The summed E-state index contributed by atoms with van der Waals surface area (Å²) in [6.45, 7) is 12.8. The van der Waals surface area contributed by atoms with Gasteiger partial charge < -0.3 is 25.3 Å². The Bertz CT molecular complexity index is 727. The van der Waals surface area contributed by atoms with Gasteiger partial charge in [0, 0.05) is 31.2 Å². The van der Waals surface area contributed by atoms with Crippen molar-refractivity contribution in [3.63, 3.8) is 0 Å². The van der Waals surface area contributed by atoms with Crippen LogP contribution < -0.4 is 10.6 Å². The van der Waals surface area contributed by atoms with Gasteiger partial charge in [0.15, 0.2) is 11.0 Å². The summed E-state index contributed by atoms with van der Waals surface area (Å²) < 4.78 is 5.54. The third-order valence-corrected chi connectivity index (χ3v) is 5.63. The van der Waals surface area contributed by atoms with E-state index in [0.717, 1.165) is 18.5 Å². The molecule has 2 rings (SSSR count). The molecule has 0 saturated carbocycles. The van der Waals surface area contributed by atoms with E-state index in [0.29, 0.717) is 37.1 Å². The van der Waals surface area contributed by atoms with E-state index >= 15 is 0 Å². The van der Waals surface area contributed by atoms with Gasteiger partial charge in [0.05, 0.1) is 5.69 Å². The van der Waals surface area contributed by atoms with E-state index in [1.807, 2.05) is 27.7 Å². The van der Waals surface area contributed by atoms with Gasteiger partial charge in [0.2, 0.25) is 0 Å². The normalized spacial score (nSPS) is 19.8. The van der Waals surface area contributed by atoms with E-state index < -0.39 is 5.60 Å². The van der Waals surface area contributed by atoms with Gasteiger partial charge >= 0.3 is 6.09 Å². The topological polar surface area (TPSA) is 99.4 Å². The van der Waals surface area contributed by atoms with E-state index in [4.69, 9.17) is 16.3 Å². The highest BCUT2D eigenvalue weighted by Gasteiger charge is 2.35. The Morgan fingerprint density at radius 3 is 2.47 bits per heavy atom. The summed E-state index contributed by atoms with van der Waals surface area (Å²) in [6.07, 6.45) is 2.90. The van der Waals surface area contributed by atoms with Crippen molar-refractivity contribution >= 4 is 23.6 Å². The van der Waals surface area contributed by atoms with Gasteiger partial charge in [0.25, 0.3) is 5.91 Å². The fraction of sp³-hybridized carbons (Fsp3) is 0.762. The number of aromatic amines is 1. The maximum atomic E-state index is 12.8. The summed E-state index contributed by atoms with van der Waals surface area (Å²) in [7, 11) is 0. The van der Waals surface area contributed by atoms with Crippen LogP contribution in [0, 0.1) is 0 Å². The first-order valence-electron chi connectivity index (χ1n) is 10.9. The molecule has 0 spiro atoms. The molecule has 0 bridgehead atoms. The predicted octanol–water partition coefficient (Wildman–Crippen LogP) is 3.51. The summed E-state index contributed by atoms with van der Waals surface area (Å²) in [4.78, 5) is 34.2.